The number of aromatic nitrogens is 1. The molecular weight excluding hydrogens is 346 g/mol. The van der Waals surface area contributed by atoms with E-state index in [1.54, 1.807) is 30.5 Å². The Morgan fingerprint density at radius 1 is 1.09 bits per heavy atom. The first-order valence-corrected chi connectivity index (χ1v) is 7.34. The van der Waals surface area contributed by atoms with Gasteiger partial charge in [0.05, 0.1) is 0 Å². The van der Waals surface area contributed by atoms with Gasteiger partial charge >= 0.3 is 5.97 Å². The first-order valence-electron chi connectivity index (χ1n) is 6.55. The molecule has 22 heavy (non-hydrogen) atoms. The minimum Gasteiger partial charge on any atom is -0.507 e. The smallest absolute Gasteiger partial charge is 0.339 e. The Kier molecular flexibility index (Phi) is 5.49. The number of carboxylic acid groups (broad SMARTS) is 1. The van der Waals surface area contributed by atoms with E-state index in [1.807, 2.05) is 18.2 Å². The van der Waals surface area contributed by atoms with Crippen LogP contribution in [0.3, 0.4) is 0 Å². The van der Waals surface area contributed by atoms with Crippen LogP contribution in [0, 0.1) is 0 Å². The van der Waals surface area contributed by atoms with Gasteiger partial charge in [0.1, 0.15) is 11.3 Å². The van der Waals surface area contributed by atoms with Crippen molar-refractivity contribution in [2.24, 2.45) is 0 Å². The van der Waals surface area contributed by atoms with E-state index in [9.17, 15) is 15.0 Å². The summed E-state index contributed by atoms with van der Waals surface area (Å²) in [6.45, 7) is 0. The average Bonchev–Trinajstić information content (AvgIpc) is 2.49. The summed E-state index contributed by atoms with van der Waals surface area (Å²) in [7, 11) is 0. The van der Waals surface area contributed by atoms with Gasteiger partial charge in [-0.15, -0.1) is 0 Å². The molecule has 0 fully saturated rings. The van der Waals surface area contributed by atoms with Gasteiger partial charge in [0.15, 0.2) is 0 Å². The van der Waals surface area contributed by atoms with Gasteiger partial charge in [0.25, 0.3) is 0 Å². The zero-order valence-electron chi connectivity index (χ0n) is 11.6. The van der Waals surface area contributed by atoms with E-state index < -0.39 is 5.97 Å². The summed E-state index contributed by atoms with van der Waals surface area (Å²) < 4.78 is 0.878. The number of hydrogen-bond donors (Lipinski definition) is 2. The third kappa shape index (κ3) is 4.56. The van der Waals surface area contributed by atoms with Crippen LogP contribution in [0.15, 0.2) is 65.3 Å². The molecule has 4 nitrogen and oxygen atoms in total. The van der Waals surface area contributed by atoms with E-state index in [0.29, 0.717) is 6.42 Å². The maximum absolute atomic E-state index is 11.3. The van der Waals surface area contributed by atoms with E-state index >= 15 is 0 Å². The van der Waals surface area contributed by atoms with Crippen LogP contribution in [0.5, 0.6) is 5.75 Å². The van der Waals surface area contributed by atoms with Crippen LogP contribution in [0.4, 0.5) is 0 Å². The van der Waals surface area contributed by atoms with E-state index in [-0.39, 0.29) is 11.3 Å². The largest absolute Gasteiger partial charge is 0.507 e. The molecule has 0 aliphatic rings. The Bertz CT molecular complexity index is 728. The van der Waals surface area contributed by atoms with Crippen LogP contribution in [0.2, 0.25) is 0 Å². The molecule has 0 saturated heterocycles. The maximum Gasteiger partial charge on any atom is 0.339 e. The van der Waals surface area contributed by atoms with Crippen LogP contribution in [0.25, 0.3) is 0 Å². The van der Waals surface area contributed by atoms with Gasteiger partial charge in [-0.2, -0.15) is 0 Å². The van der Waals surface area contributed by atoms with Crippen molar-refractivity contribution in [3.05, 3.63) is 82.1 Å². The third-order valence-electron chi connectivity index (χ3n) is 2.91. The van der Waals surface area contributed by atoms with Crippen LogP contribution in [-0.4, -0.2) is 21.2 Å². The highest BCUT2D eigenvalue weighted by molar-refractivity contribution is 9.10. The molecule has 0 saturated carbocycles. The Balaban J connectivity index is 2.51. The predicted octanol–water partition coefficient (Wildman–Crippen LogP) is 3.96. The first kappa shape index (κ1) is 16.0. The molecule has 0 bridgehead atoms. The van der Waals surface area contributed by atoms with Crippen LogP contribution in [0.1, 0.15) is 21.6 Å². The normalized spacial score (nSPS) is 9.86. The highest BCUT2D eigenvalue weighted by Gasteiger charge is 2.08. The second kappa shape index (κ2) is 7.56. The van der Waals surface area contributed by atoms with Crippen molar-refractivity contribution in [2.75, 3.05) is 0 Å². The number of pyridine rings is 1. The van der Waals surface area contributed by atoms with Gasteiger partial charge in [0.2, 0.25) is 0 Å². The van der Waals surface area contributed by atoms with Gasteiger partial charge in [0, 0.05) is 22.8 Å². The minimum absolute atomic E-state index is 0.150. The molecule has 2 N–H and O–H groups in total. The summed E-state index contributed by atoms with van der Waals surface area (Å²) in [4.78, 5) is 15.6. The molecule has 0 radical (unpaired) electrons. The minimum atomic E-state index is -1.18. The molecule has 2 rings (SSSR count). The van der Waals surface area contributed by atoms with Crippen molar-refractivity contribution in [2.45, 2.75) is 6.42 Å². The zero-order chi connectivity index (χ0) is 15.9. The first-order chi connectivity index (χ1) is 10.6. The Labute approximate surface area is 136 Å². The quantitative estimate of drug-likeness (QED) is 0.869. The maximum atomic E-state index is 11.3. The summed E-state index contributed by atoms with van der Waals surface area (Å²) in [5.41, 5.74) is 1.39. The fraction of sp³-hybridized carbons (Fsp3) is 0.0588. The number of aromatic carboxylic acids is 1. The molecular formula is C17H14BrNO3. The van der Waals surface area contributed by atoms with Gasteiger partial charge in [-0.3, -0.25) is 4.98 Å². The van der Waals surface area contributed by atoms with E-state index in [0.717, 1.165) is 15.7 Å². The summed E-state index contributed by atoms with van der Waals surface area (Å²) >= 11 is 3.32. The Morgan fingerprint density at radius 3 is 2.45 bits per heavy atom. The van der Waals surface area contributed by atoms with Gasteiger partial charge < -0.3 is 10.2 Å². The number of rotatable bonds is 3. The standard InChI is InChI=1S/C17H14BrNO3/c18-13-7-8-14(19-11-13)9-12-5-3-1-2-4-6-16(20)15(10-12)17(21)22/h1-8,10-11,20H,9H2,(H,21,22). The average molecular weight is 360 g/mol. The Hall–Kier alpha value is -2.40. The second-order valence-electron chi connectivity index (χ2n) is 4.57. The molecule has 5 heteroatoms. The number of carboxylic acids is 1. The zero-order valence-corrected chi connectivity index (χ0v) is 13.2. The van der Waals surface area contributed by atoms with Gasteiger partial charge in [-0.05, 0) is 45.8 Å². The molecule has 0 aliphatic heterocycles. The van der Waals surface area contributed by atoms with E-state index in [4.69, 9.17) is 0 Å². The third-order valence-corrected chi connectivity index (χ3v) is 3.38. The van der Waals surface area contributed by atoms with Crippen LogP contribution >= 0.6 is 15.9 Å². The molecule has 0 unspecified atom stereocenters. The number of hydrogen-bond acceptors (Lipinski definition) is 3. The Morgan fingerprint density at radius 2 is 1.82 bits per heavy atom. The van der Waals surface area contributed by atoms with Crippen LogP contribution in [-0.2, 0) is 6.42 Å². The molecule has 1 aromatic heterocycles. The SMILES string of the molecule is O=C(O)c1cc(Cc2ccc(Br)cn2)ccccccc1O. The van der Waals surface area contributed by atoms with Gasteiger partial charge in [-0.1, -0.05) is 30.3 Å². The van der Waals surface area contributed by atoms with E-state index in [2.05, 4.69) is 20.9 Å². The number of nitrogens with zero attached hydrogens (tertiary/aromatic N) is 1. The van der Waals surface area contributed by atoms with Crippen molar-refractivity contribution in [1.29, 1.82) is 0 Å². The summed E-state index contributed by atoms with van der Waals surface area (Å²) in [6, 6.07) is 15.3. The molecule has 1 aromatic carbocycles. The second-order valence-corrected chi connectivity index (χ2v) is 5.49. The molecule has 112 valence electrons. The lowest BCUT2D eigenvalue weighted by Gasteiger charge is -2.02. The number of halogens is 1. The molecule has 0 amide bonds. The molecule has 0 aliphatic carbocycles. The number of carbonyl (C=O) groups is 1. The van der Waals surface area contributed by atoms with Crippen molar-refractivity contribution < 1.29 is 15.0 Å². The lowest BCUT2D eigenvalue weighted by atomic mass is 10.1. The summed E-state index contributed by atoms with van der Waals surface area (Å²) in [5.74, 6) is -1.46. The number of aromatic hydroxyl groups is 1. The molecule has 0 atom stereocenters. The highest BCUT2D eigenvalue weighted by atomic mass is 79.9. The monoisotopic (exact) mass is 359 g/mol. The van der Waals surface area contributed by atoms with E-state index in [1.165, 1.54) is 12.1 Å². The van der Waals surface area contributed by atoms with Crippen molar-refractivity contribution in [1.82, 2.24) is 4.98 Å². The fourth-order valence-corrected chi connectivity index (χ4v) is 2.09. The fourth-order valence-electron chi connectivity index (χ4n) is 1.85. The molecule has 1 heterocycles. The lowest BCUT2D eigenvalue weighted by molar-refractivity contribution is 0.0693. The van der Waals surface area contributed by atoms with Gasteiger partial charge in [-0.25, -0.2) is 4.79 Å². The molecule has 0 spiro atoms. The topological polar surface area (TPSA) is 70.4 Å². The van der Waals surface area contributed by atoms with Crippen molar-refractivity contribution >= 4 is 21.9 Å². The summed E-state index contributed by atoms with van der Waals surface area (Å²) in [6.07, 6.45) is 2.15. The van der Waals surface area contributed by atoms with Crippen LogP contribution < -0.4 is 0 Å². The lowest BCUT2D eigenvalue weighted by Crippen LogP contribution is -1.97. The molecule has 2 aromatic rings. The summed E-state index contributed by atoms with van der Waals surface area (Å²) in [5, 5.41) is 19.1. The van der Waals surface area contributed by atoms with Crippen molar-refractivity contribution in [3.8, 4) is 5.75 Å². The predicted molar refractivity (Wildman–Crippen MR) is 87.4 cm³/mol. The highest BCUT2D eigenvalue weighted by Crippen LogP contribution is 2.16. The van der Waals surface area contributed by atoms with Crippen molar-refractivity contribution in [3.63, 3.8) is 0 Å².